The van der Waals surface area contributed by atoms with E-state index in [1.807, 2.05) is 0 Å². The lowest BCUT2D eigenvalue weighted by molar-refractivity contribution is 0.155. The third-order valence-corrected chi connectivity index (χ3v) is 4.37. The molecule has 0 spiro atoms. The van der Waals surface area contributed by atoms with Gasteiger partial charge < -0.3 is 5.11 Å². The first kappa shape index (κ1) is 16.9. The first-order chi connectivity index (χ1) is 7.89. The molecule has 2 N–H and O–H groups in total. The number of hydrogen-bond acceptors (Lipinski definition) is 3. The van der Waals surface area contributed by atoms with Crippen LogP contribution in [0.3, 0.4) is 0 Å². The lowest BCUT2D eigenvalue weighted by Crippen LogP contribution is -2.30. The van der Waals surface area contributed by atoms with E-state index in [9.17, 15) is 13.5 Å². The van der Waals surface area contributed by atoms with Crippen LogP contribution in [0.15, 0.2) is 0 Å². The smallest absolute Gasteiger partial charge is 0.270 e. The zero-order valence-corrected chi connectivity index (χ0v) is 11.7. The molecular weight excluding hydrogens is 240 g/mol. The molecule has 4 nitrogen and oxygen atoms in total. The predicted octanol–water partition coefficient (Wildman–Crippen LogP) is 2.76. The SMILES string of the molecule is CCCCCCCCCC(O)C(C)S(=O)(=O)O. The Balaban J connectivity index is 3.55. The molecule has 0 aromatic rings. The number of unbranched alkanes of at least 4 members (excludes halogenated alkanes) is 6. The normalized spacial score (nSPS) is 15.8. The van der Waals surface area contributed by atoms with Crippen molar-refractivity contribution in [3.8, 4) is 0 Å². The summed E-state index contributed by atoms with van der Waals surface area (Å²) in [7, 11) is -4.11. The fraction of sp³-hybridized carbons (Fsp3) is 1.00. The largest absolute Gasteiger partial charge is 0.392 e. The minimum atomic E-state index is -4.11. The Morgan fingerprint density at radius 1 is 1.00 bits per heavy atom. The molecule has 0 aliphatic carbocycles. The summed E-state index contributed by atoms with van der Waals surface area (Å²) in [6, 6.07) is 0. The molecule has 2 unspecified atom stereocenters. The van der Waals surface area contributed by atoms with E-state index in [0.717, 1.165) is 19.3 Å². The molecule has 0 rings (SSSR count). The average molecular weight is 266 g/mol. The van der Waals surface area contributed by atoms with E-state index in [-0.39, 0.29) is 0 Å². The van der Waals surface area contributed by atoms with Crippen LogP contribution in [0.1, 0.15) is 65.2 Å². The molecule has 0 aromatic carbocycles. The van der Waals surface area contributed by atoms with Crippen LogP contribution in [0.2, 0.25) is 0 Å². The van der Waals surface area contributed by atoms with E-state index < -0.39 is 21.5 Å². The Labute approximate surface area is 105 Å². The van der Waals surface area contributed by atoms with E-state index in [2.05, 4.69) is 6.92 Å². The second-order valence-corrected chi connectivity index (χ2v) is 6.47. The minimum absolute atomic E-state index is 0.439. The molecular formula is C12H26O4S. The highest BCUT2D eigenvalue weighted by molar-refractivity contribution is 7.86. The fourth-order valence-corrected chi connectivity index (χ4v) is 2.28. The van der Waals surface area contributed by atoms with Gasteiger partial charge in [-0.25, -0.2) is 0 Å². The van der Waals surface area contributed by atoms with Crippen molar-refractivity contribution in [2.75, 3.05) is 0 Å². The Hall–Kier alpha value is -0.130. The molecule has 5 heteroatoms. The van der Waals surface area contributed by atoms with Gasteiger partial charge in [0.05, 0.1) is 6.10 Å². The fourth-order valence-electron chi connectivity index (χ4n) is 1.74. The first-order valence-electron chi connectivity index (χ1n) is 6.54. The molecule has 0 aliphatic heterocycles. The van der Waals surface area contributed by atoms with E-state index >= 15 is 0 Å². The van der Waals surface area contributed by atoms with Crippen LogP contribution in [0, 0.1) is 0 Å². The van der Waals surface area contributed by atoms with Crippen molar-refractivity contribution in [2.45, 2.75) is 76.6 Å². The van der Waals surface area contributed by atoms with E-state index in [1.54, 1.807) is 0 Å². The second kappa shape index (κ2) is 8.89. The van der Waals surface area contributed by atoms with Crippen LogP contribution in [-0.2, 0) is 10.1 Å². The maximum atomic E-state index is 10.8. The molecule has 0 saturated carbocycles. The lowest BCUT2D eigenvalue weighted by Gasteiger charge is -2.15. The van der Waals surface area contributed by atoms with E-state index in [1.165, 1.54) is 32.6 Å². The molecule has 0 fully saturated rings. The Morgan fingerprint density at radius 3 is 1.94 bits per heavy atom. The molecule has 104 valence electrons. The Morgan fingerprint density at radius 2 is 1.47 bits per heavy atom. The first-order valence-corrected chi connectivity index (χ1v) is 8.04. The maximum Gasteiger partial charge on any atom is 0.270 e. The minimum Gasteiger partial charge on any atom is -0.392 e. The van der Waals surface area contributed by atoms with Crippen LogP contribution in [0.5, 0.6) is 0 Å². The average Bonchev–Trinajstić information content (AvgIpc) is 2.25. The van der Waals surface area contributed by atoms with Crippen molar-refractivity contribution < 1.29 is 18.1 Å². The highest BCUT2D eigenvalue weighted by atomic mass is 32.2. The lowest BCUT2D eigenvalue weighted by atomic mass is 10.1. The van der Waals surface area contributed by atoms with Gasteiger partial charge in [0.1, 0.15) is 5.25 Å². The van der Waals surface area contributed by atoms with Gasteiger partial charge in [0.15, 0.2) is 0 Å². The van der Waals surface area contributed by atoms with Crippen LogP contribution in [0.25, 0.3) is 0 Å². The standard InChI is InChI=1S/C12H26O4S/c1-3-4-5-6-7-8-9-10-12(13)11(2)17(14,15)16/h11-13H,3-10H2,1-2H3,(H,14,15,16). The third kappa shape index (κ3) is 8.57. The summed E-state index contributed by atoms with van der Waals surface area (Å²) >= 11 is 0. The molecule has 0 saturated heterocycles. The molecule has 0 aromatic heterocycles. The quantitative estimate of drug-likeness (QED) is 0.471. The summed E-state index contributed by atoms with van der Waals surface area (Å²) in [5.41, 5.74) is 0. The molecule has 17 heavy (non-hydrogen) atoms. The van der Waals surface area contributed by atoms with Crippen LogP contribution < -0.4 is 0 Å². The number of rotatable bonds is 10. The highest BCUT2D eigenvalue weighted by Crippen LogP contribution is 2.13. The van der Waals surface area contributed by atoms with Gasteiger partial charge in [0.25, 0.3) is 10.1 Å². The van der Waals surface area contributed by atoms with Crippen LogP contribution in [-0.4, -0.2) is 29.4 Å². The van der Waals surface area contributed by atoms with Gasteiger partial charge in [0.2, 0.25) is 0 Å². The van der Waals surface area contributed by atoms with Crippen molar-refractivity contribution in [2.24, 2.45) is 0 Å². The van der Waals surface area contributed by atoms with Gasteiger partial charge >= 0.3 is 0 Å². The summed E-state index contributed by atoms with van der Waals surface area (Å²) in [4.78, 5) is 0. The van der Waals surface area contributed by atoms with Gasteiger partial charge in [0, 0.05) is 0 Å². The summed E-state index contributed by atoms with van der Waals surface area (Å²) in [5.74, 6) is 0. The Bertz CT molecular complexity index is 274. The monoisotopic (exact) mass is 266 g/mol. The molecule has 0 bridgehead atoms. The number of aliphatic hydroxyl groups excluding tert-OH is 1. The van der Waals surface area contributed by atoms with Crippen molar-refractivity contribution in [3.05, 3.63) is 0 Å². The van der Waals surface area contributed by atoms with Crippen LogP contribution in [0.4, 0.5) is 0 Å². The Kier molecular flexibility index (Phi) is 8.82. The van der Waals surface area contributed by atoms with Crippen molar-refractivity contribution in [3.63, 3.8) is 0 Å². The zero-order valence-electron chi connectivity index (χ0n) is 10.9. The van der Waals surface area contributed by atoms with E-state index in [4.69, 9.17) is 4.55 Å². The number of hydrogen-bond donors (Lipinski definition) is 2. The van der Waals surface area contributed by atoms with Gasteiger partial charge in [-0.1, -0.05) is 51.9 Å². The van der Waals surface area contributed by atoms with Gasteiger partial charge in [-0.05, 0) is 13.3 Å². The number of aliphatic hydroxyl groups is 1. The van der Waals surface area contributed by atoms with Gasteiger partial charge in [-0.15, -0.1) is 0 Å². The third-order valence-electron chi connectivity index (χ3n) is 3.12. The molecule has 0 radical (unpaired) electrons. The van der Waals surface area contributed by atoms with Crippen molar-refractivity contribution in [1.29, 1.82) is 0 Å². The van der Waals surface area contributed by atoms with Crippen molar-refractivity contribution in [1.82, 2.24) is 0 Å². The summed E-state index contributed by atoms with van der Waals surface area (Å²) in [6.07, 6.45) is 7.39. The summed E-state index contributed by atoms with van der Waals surface area (Å²) in [6.45, 7) is 3.51. The molecule has 0 aliphatic rings. The summed E-state index contributed by atoms with van der Waals surface area (Å²) in [5, 5.41) is 8.47. The molecule has 0 heterocycles. The topological polar surface area (TPSA) is 74.6 Å². The maximum absolute atomic E-state index is 10.8. The zero-order chi connectivity index (χ0) is 13.3. The molecule has 2 atom stereocenters. The predicted molar refractivity (Wildman–Crippen MR) is 69.6 cm³/mol. The summed E-state index contributed by atoms with van der Waals surface area (Å²) < 4.78 is 30.3. The van der Waals surface area contributed by atoms with Gasteiger partial charge in [-0.3, -0.25) is 4.55 Å². The molecule has 0 amide bonds. The van der Waals surface area contributed by atoms with Crippen molar-refractivity contribution >= 4 is 10.1 Å². The van der Waals surface area contributed by atoms with Crippen LogP contribution >= 0.6 is 0 Å². The van der Waals surface area contributed by atoms with E-state index in [0.29, 0.717) is 6.42 Å². The van der Waals surface area contributed by atoms with Gasteiger partial charge in [-0.2, -0.15) is 8.42 Å². The second-order valence-electron chi connectivity index (χ2n) is 4.70. The highest BCUT2D eigenvalue weighted by Gasteiger charge is 2.25.